The predicted octanol–water partition coefficient (Wildman–Crippen LogP) is 0.613. The molecule has 0 atom stereocenters. The van der Waals surface area contributed by atoms with Crippen LogP contribution in [0, 0.1) is 0 Å². The molecule has 0 radical (unpaired) electrons. The van der Waals surface area contributed by atoms with E-state index < -0.39 is 7.32 Å². The highest BCUT2D eigenvalue weighted by atomic mass is 32.1. The van der Waals surface area contributed by atoms with Crippen LogP contribution in [0.3, 0.4) is 0 Å². The van der Waals surface area contributed by atoms with Gasteiger partial charge in [0, 0.05) is 24.6 Å². The number of rotatable bonds is 9. The maximum atomic E-state index is 8.62. The molecular weight excluding hydrogens is 241 g/mol. The minimum atomic E-state index is -1.75. The van der Waals surface area contributed by atoms with Crippen LogP contribution < -0.4 is 9.97 Å². The van der Waals surface area contributed by atoms with Crippen LogP contribution in [-0.4, -0.2) is 37.1 Å². The third-order valence-electron chi connectivity index (χ3n) is 2.00. The van der Waals surface area contributed by atoms with Gasteiger partial charge in [-0.05, 0) is 32.0 Å². The van der Waals surface area contributed by atoms with Crippen LogP contribution in [0.5, 0.6) is 5.06 Å². The molecule has 1 aromatic heterocycles. The summed E-state index contributed by atoms with van der Waals surface area (Å²) in [6.45, 7) is 5.17. The lowest BCUT2D eigenvalue weighted by Gasteiger charge is -2.03. The van der Waals surface area contributed by atoms with Gasteiger partial charge in [0.1, 0.15) is 0 Å². The van der Waals surface area contributed by atoms with E-state index in [1.54, 1.807) is 6.07 Å². The van der Waals surface area contributed by atoms with Crippen LogP contribution >= 0.6 is 11.3 Å². The largest absolute Gasteiger partial charge is 0.708 e. The van der Waals surface area contributed by atoms with Gasteiger partial charge in [-0.2, -0.15) is 0 Å². The van der Waals surface area contributed by atoms with E-state index in [9.17, 15) is 0 Å². The van der Waals surface area contributed by atoms with Crippen molar-refractivity contribution in [2.75, 3.05) is 19.8 Å². The number of nitrogens with one attached hydrogen (secondary N) is 1. The summed E-state index contributed by atoms with van der Waals surface area (Å²) in [6, 6.07) is 3.62. The molecule has 0 aliphatic heterocycles. The van der Waals surface area contributed by atoms with Gasteiger partial charge < -0.3 is 24.8 Å². The van der Waals surface area contributed by atoms with Gasteiger partial charge in [0.15, 0.2) is 5.06 Å². The Morgan fingerprint density at radius 1 is 1.41 bits per heavy atom. The van der Waals surface area contributed by atoms with Gasteiger partial charge >= 0.3 is 7.32 Å². The molecule has 0 aliphatic carbocycles. The summed E-state index contributed by atoms with van der Waals surface area (Å²) >= 11 is 1.39. The van der Waals surface area contributed by atoms with Crippen molar-refractivity contribution in [3.63, 3.8) is 0 Å². The molecule has 17 heavy (non-hydrogen) atoms. The molecule has 0 bridgehead atoms. The molecule has 0 amide bonds. The van der Waals surface area contributed by atoms with Gasteiger partial charge in [-0.15, -0.1) is 11.3 Å². The second-order valence-electron chi connectivity index (χ2n) is 3.39. The van der Waals surface area contributed by atoms with Crippen molar-refractivity contribution in [3.05, 3.63) is 17.0 Å². The Kier molecular flexibility index (Phi) is 7.22. The van der Waals surface area contributed by atoms with Gasteiger partial charge in [0.2, 0.25) is 0 Å². The van der Waals surface area contributed by atoms with Crippen LogP contribution in [-0.2, 0) is 11.3 Å². The Morgan fingerprint density at radius 3 is 2.94 bits per heavy atom. The van der Waals surface area contributed by atoms with Crippen molar-refractivity contribution in [1.29, 1.82) is 0 Å². The first-order valence-corrected chi connectivity index (χ1v) is 6.44. The van der Waals surface area contributed by atoms with Crippen molar-refractivity contribution in [1.82, 2.24) is 5.32 Å². The van der Waals surface area contributed by atoms with Crippen LogP contribution in [0.2, 0.25) is 0 Å². The molecular formula is C10H18BNO4S. The van der Waals surface area contributed by atoms with Crippen molar-refractivity contribution in [2.24, 2.45) is 0 Å². The van der Waals surface area contributed by atoms with Gasteiger partial charge in [0.25, 0.3) is 0 Å². The first kappa shape index (κ1) is 14.5. The van der Waals surface area contributed by atoms with Gasteiger partial charge in [-0.1, -0.05) is 0 Å². The monoisotopic (exact) mass is 259 g/mol. The van der Waals surface area contributed by atoms with Crippen LogP contribution in [0.25, 0.3) is 0 Å². The SMILES string of the molecule is CCOCCCNCc1ccc(OB(O)O)s1. The third-order valence-corrected chi connectivity index (χ3v) is 2.98. The fraction of sp³-hybridized carbons (Fsp3) is 0.600. The van der Waals surface area contributed by atoms with Gasteiger partial charge in [-0.3, -0.25) is 0 Å². The summed E-state index contributed by atoms with van der Waals surface area (Å²) < 4.78 is 9.96. The normalized spacial score (nSPS) is 10.5. The van der Waals surface area contributed by atoms with Gasteiger partial charge in [-0.25, -0.2) is 0 Å². The molecule has 0 aromatic carbocycles. The highest BCUT2D eigenvalue weighted by Crippen LogP contribution is 2.24. The highest BCUT2D eigenvalue weighted by molar-refractivity contribution is 7.14. The van der Waals surface area contributed by atoms with E-state index in [1.807, 2.05) is 13.0 Å². The number of thiophene rings is 1. The second kappa shape index (κ2) is 8.49. The zero-order valence-corrected chi connectivity index (χ0v) is 10.7. The maximum absolute atomic E-state index is 8.62. The van der Waals surface area contributed by atoms with E-state index in [1.165, 1.54) is 11.3 Å². The average Bonchev–Trinajstić information content (AvgIpc) is 2.70. The summed E-state index contributed by atoms with van der Waals surface area (Å²) in [5, 5.41) is 21.0. The number of hydrogen-bond acceptors (Lipinski definition) is 6. The summed E-state index contributed by atoms with van der Waals surface area (Å²) in [5.74, 6) is 0. The quantitative estimate of drug-likeness (QED) is 0.448. The molecule has 0 fully saturated rings. The summed E-state index contributed by atoms with van der Waals surface area (Å²) in [4.78, 5) is 1.09. The number of ether oxygens (including phenoxy) is 1. The Hall–Kier alpha value is -0.595. The average molecular weight is 259 g/mol. The molecule has 0 saturated carbocycles. The molecule has 0 unspecified atom stereocenters. The zero-order chi connectivity index (χ0) is 12.5. The first-order chi connectivity index (χ1) is 8.22. The fourth-order valence-electron chi connectivity index (χ4n) is 1.28. The number of hydrogen-bond donors (Lipinski definition) is 3. The Bertz CT molecular complexity index is 308. The van der Waals surface area contributed by atoms with Crippen molar-refractivity contribution >= 4 is 18.7 Å². The molecule has 1 rings (SSSR count). The predicted molar refractivity (Wildman–Crippen MR) is 68.0 cm³/mol. The Balaban J connectivity index is 2.12. The third kappa shape index (κ3) is 6.65. The fourth-order valence-corrected chi connectivity index (χ4v) is 2.11. The topological polar surface area (TPSA) is 71.0 Å². The lowest BCUT2D eigenvalue weighted by Crippen LogP contribution is -2.19. The van der Waals surface area contributed by atoms with E-state index in [0.717, 1.165) is 37.6 Å². The molecule has 0 spiro atoms. The van der Waals surface area contributed by atoms with Crippen molar-refractivity contribution in [3.8, 4) is 5.06 Å². The molecule has 5 nitrogen and oxygen atoms in total. The zero-order valence-electron chi connectivity index (χ0n) is 9.89. The van der Waals surface area contributed by atoms with E-state index in [2.05, 4.69) is 5.32 Å². The van der Waals surface area contributed by atoms with Crippen molar-refractivity contribution < 1.29 is 19.4 Å². The molecule has 0 saturated heterocycles. The van der Waals surface area contributed by atoms with E-state index >= 15 is 0 Å². The first-order valence-electron chi connectivity index (χ1n) is 5.62. The van der Waals surface area contributed by atoms with Crippen LogP contribution in [0.15, 0.2) is 12.1 Å². The molecule has 1 aromatic rings. The van der Waals surface area contributed by atoms with E-state index in [-0.39, 0.29) is 0 Å². The second-order valence-corrected chi connectivity index (χ2v) is 4.52. The lowest BCUT2D eigenvalue weighted by molar-refractivity contribution is 0.144. The lowest BCUT2D eigenvalue weighted by atomic mass is 10.3. The molecule has 0 aliphatic rings. The molecule has 1 heterocycles. The van der Waals surface area contributed by atoms with Crippen LogP contribution in [0.4, 0.5) is 0 Å². The molecule has 3 N–H and O–H groups in total. The summed E-state index contributed by atoms with van der Waals surface area (Å²) in [5.41, 5.74) is 0. The summed E-state index contributed by atoms with van der Waals surface area (Å²) in [7, 11) is -1.75. The van der Waals surface area contributed by atoms with E-state index in [4.69, 9.17) is 19.4 Å². The van der Waals surface area contributed by atoms with Crippen LogP contribution in [0.1, 0.15) is 18.2 Å². The minimum Gasteiger partial charge on any atom is -0.504 e. The molecule has 7 heteroatoms. The van der Waals surface area contributed by atoms with E-state index in [0.29, 0.717) is 5.06 Å². The maximum Gasteiger partial charge on any atom is 0.708 e. The van der Waals surface area contributed by atoms with Crippen molar-refractivity contribution in [2.45, 2.75) is 19.9 Å². The standard InChI is InChI=1S/C10H18BNO4S/c1-2-15-7-3-6-12-8-9-4-5-10(17-9)16-11(13)14/h4-5,12-14H,2-3,6-8H2,1H3. The Labute approximate surface area is 106 Å². The smallest absolute Gasteiger partial charge is 0.504 e. The highest BCUT2D eigenvalue weighted by Gasteiger charge is 2.12. The summed E-state index contributed by atoms with van der Waals surface area (Å²) in [6.07, 6.45) is 0.984. The minimum absolute atomic E-state index is 0.506. The van der Waals surface area contributed by atoms with Gasteiger partial charge in [0.05, 0.1) is 0 Å². The Morgan fingerprint density at radius 2 is 2.24 bits per heavy atom. The molecule has 96 valence electrons.